The summed E-state index contributed by atoms with van der Waals surface area (Å²) >= 11 is 0. The number of ether oxygens (including phenoxy) is 1. The Morgan fingerprint density at radius 2 is 2.09 bits per heavy atom. The minimum atomic E-state index is -0.623. The maximum absolute atomic E-state index is 10.2. The van der Waals surface area contributed by atoms with Crippen LogP contribution in [0, 0.1) is 0 Å². The summed E-state index contributed by atoms with van der Waals surface area (Å²) in [5.41, 5.74) is 1.19. The average molecular weight is 299 g/mol. The second kappa shape index (κ2) is 5.45. The zero-order valence-electron chi connectivity index (χ0n) is 12.5. The molecule has 1 spiro atoms. The number of rotatable bonds is 4. The molecular formula is C18H21NO3. The van der Waals surface area contributed by atoms with Crippen LogP contribution in [0.15, 0.2) is 47.1 Å². The lowest BCUT2D eigenvalue weighted by Gasteiger charge is -2.48. The predicted octanol–water partition coefficient (Wildman–Crippen LogP) is 3.35. The Morgan fingerprint density at radius 3 is 2.82 bits per heavy atom. The Labute approximate surface area is 130 Å². The number of aliphatic hydroxyl groups excluding tert-OH is 1. The third-order valence-electron chi connectivity index (χ3n) is 4.89. The number of hydrogen-bond donors (Lipinski definition) is 2. The first-order valence-electron chi connectivity index (χ1n) is 7.99. The van der Waals surface area contributed by atoms with E-state index < -0.39 is 6.10 Å². The number of para-hydroxylation sites is 1. The Balaban J connectivity index is 1.50. The van der Waals surface area contributed by atoms with E-state index in [9.17, 15) is 5.11 Å². The summed E-state index contributed by atoms with van der Waals surface area (Å²) in [6.07, 6.45) is 5.42. The molecule has 2 aromatic rings. The SMILES string of the molecule is OC(CNC1CC2(CCC2)Oc2ccccc21)c1ccco1. The van der Waals surface area contributed by atoms with Gasteiger partial charge in [-0.3, -0.25) is 0 Å². The minimum Gasteiger partial charge on any atom is -0.487 e. The van der Waals surface area contributed by atoms with Crippen LogP contribution < -0.4 is 10.1 Å². The highest BCUT2D eigenvalue weighted by molar-refractivity contribution is 5.39. The van der Waals surface area contributed by atoms with Crippen molar-refractivity contribution in [1.82, 2.24) is 5.32 Å². The smallest absolute Gasteiger partial charge is 0.133 e. The number of fused-ring (bicyclic) bond motifs is 1. The Kier molecular flexibility index (Phi) is 3.43. The topological polar surface area (TPSA) is 54.6 Å². The van der Waals surface area contributed by atoms with Crippen molar-refractivity contribution >= 4 is 0 Å². The highest BCUT2D eigenvalue weighted by atomic mass is 16.5. The van der Waals surface area contributed by atoms with Crippen molar-refractivity contribution in [2.24, 2.45) is 0 Å². The van der Waals surface area contributed by atoms with Crippen molar-refractivity contribution in [3.8, 4) is 5.75 Å². The molecule has 4 nitrogen and oxygen atoms in total. The zero-order chi connectivity index (χ0) is 15.0. The highest BCUT2D eigenvalue weighted by Gasteiger charge is 2.45. The third kappa shape index (κ3) is 2.42. The van der Waals surface area contributed by atoms with E-state index in [4.69, 9.17) is 9.15 Å². The second-order valence-electron chi connectivity index (χ2n) is 6.37. The molecule has 4 heteroatoms. The van der Waals surface area contributed by atoms with E-state index >= 15 is 0 Å². The molecule has 2 atom stereocenters. The molecule has 1 aromatic heterocycles. The van der Waals surface area contributed by atoms with E-state index in [1.807, 2.05) is 18.2 Å². The lowest BCUT2D eigenvalue weighted by molar-refractivity contribution is -0.0380. The van der Waals surface area contributed by atoms with Gasteiger partial charge in [0, 0.05) is 24.6 Å². The molecule has 0 radical (unpaired) electrons. The van der Waals surface area contributed by atoms with Gasteiger partial charge in [0.2, 0.25) is 0 Å². The van der Waals surface area contributed by atoms with Crippen LogP contribution in [0.3, 0.4) is 0 Å². The zero-order valence-corrected chi connectivity index (χ0v) is 12.5. The van der Waals surface area contributed by atoms with E-state index in [1.165, 1.54) is 12.0 Å². The van der Waals surface area contributed by atoms with Crippen LogP contribution >= 0.6 is 0 Å². The van der Waals surface area contributed by atoms with Gasteiger partial charge in [-0.25, -0.2) is 0 Å². The molecular weight excluding hydrogens is 278 g/mol. The summed E-state index contributed by atoms with van der Waals surface area (Å²) in [6, 6.07) is 12.0. The molecule has 1 aliphatic carbocycles. The van der Waals surface area contributed by atoms with Gasteiger partial charge in [-0.05, 0) is 37.5 Å². The van der Waals surface area contributed by atoms with Crippen LogP contribution in [-0.2, 0) is 0 Å². The van der Waals surface area contributed by atoms with Gasteiger partial charge in [0.05, 0.1) is 6.26 Å². The van der Waals surface area contributed by atoms with Crippen molar-refractivity contribution in [2.75, 3.05) is 6.54 Å². The van der Waals surface area contributed by atoms with Gasteiger partial charge < -0.3 is 19.6 Å². The number of benzene rings is 1. The molecule has 0 amide bonds. The Bertz CT molecular complexity index is 634. The summed E-state index contributed by atoms with van der Waals surface area (Å²) < 4.78 is 11.5. The predicted molar refractivity (Wildman–Crippen MR) is 82.7 cm³/mol. The first-order chi connectivity index (χ1) is 10.8. The molecule has 1 aliphatic heterocycles. The Morgan fingerprint density at radius 1 is 1.23 bits per heavy atom. The quantitative estimate of drug-likeness (QED) is 0.909. The van der Waals surface area contributed by atoms with E-state index in [2.05, 4.69) is 11.4 Å². The molecule has 1 aromatic carbocycles. The molecule has 116 valence electrons. The van der Waals surface area contributed by atoms with E-state index in [-0.39, 0.29) is 11.6 Å². The molecule has 2 aliphatic rings. The van der Waals surface area contributed by atoms with E-state index in [1.54, 1.807) is 18.4 Å². The maximum Gasteiger partial charge on any atom is 0.133 e. The summed E-state index contributed by atoms with van der Waals surface area (Å²) in [4.78, 5) is 0. The molecule has 1 saturated carbocycles. The van der Waals surface area contributed by atoms with Gasteiger partial charge in [-0.1, -0.05) is 18.2 Å². The van der Waals surface area contributed by atoms with Crippen molar-refractivity contribution in [3.63, 3.8) is 0 Å². The van der Waals surface area contributed by atoms with Crippen LogP contribution in [0.25, 0.3) is 0 Å². The first-order valence-corrected chi connectivity index (χ1v) is 7.99. The van der Waals surface area contributed by atoms with Crippen LogP contribution in [0.1, 0.15) is 49.2 Å². The fourth-order valence-electron chi connectivity index (χ4n) is 3.51. The second-order valence-corrected chi connectivity index (χ2v) is 6.37. The molecule has 2 heterocycles. The Hall–Kier alpha value is -1.78. The van der Waals surface area contributed by atoms with Gasteiger partial charge in [0.15, 0.2) is 0 Å². The van der Waals surface area contributed by atoms with E-state index in [0.717, 1.165) is 25.0 Å². The summed E-state index contributed by atoms with van der Waals surface area (Å²) in [7, 11) is 0. The maximum atomic E-state index is 10.2. The van der Waals surface area contributed by atoms with Crippen molar-refractivity contribution in [1.29, 1.82) is 0 Å². The summed E-state index contributed by atoms with van der Waals surface area (Å²) in [5, 5.41) is 13.7. The summed E-state index contributed by atoms with van der Waals surface area (Å²) in [5.74, 6) is 1.59. The first kappa shape index (κ1) is 13.9. The molecule has 4 rings (SSSR count). The third-order valence-corrected chi connectivity index (χ3v) is 4.89. The lowest BCUT2D eigenvalue weighted by Crippen LogP contribution is -2.49. The van der Waals surface area contributed by atoms with Gasteiger partial charge in [-0.15, -0.1) is 0 Å². The van der Waals surface area contributed by atoms with E-state index in [0.29, 0.717) is 12.3 Å². The highest BCUT2D eigenvalue weighted by Crippen LogP contribution is 2.48. The van der Waals surface area contributed by atoms with Gasteiger partial charge in [0.25, 0.3) is 0 Å². The van der Waals surface area contributed by atoms with Crippen molar-refractivity contribution in [3.05, 3.63) is 54.0 Å². The molecule has 22 heavy (non-hydrogen) atoms. The molecule has 0 saturated heterocycles. The fourth-order valence-corrected chi connectivity index (χ4v) is 3.51. The van der Waals surface area contributed by atoms with Crippen LogP contribution in [0.5, 0.6) is 5.75 Å². The molecule has 1 fully saturated rings. The largest absolute Gasteiger partial charge is 0.487 e. The number of hydrogen-bond acceptors (Lipinski definition) is 4. The number of nitrogens with one attached hydrogen (secondary N) is 1. The monoisotopic (exact) mass is 299 g/mol. The van der Waals surface area contributed by atoms with Crippen LogP contribution in [0.4, 0.5) is 0 Å². The van der Waals surface area contributed by atoms with Gasteiger partial charge in [0.1, 0.15) is 23.2 Å². The van der Waals surface area contributed by atoms with Crippen LogP contribution in [-0.4, -0.2) is 17.3 Å². The normalized spacial score (nSPS) is 23.4. The molecule has 0 bridgehead atoms. The van der Waals surface area contributed by atoms with Gasteiger partial charge >= 0.3 is 0 Å². The van der Waals surface area contributed by atoms with Crippen molar-refractivity contribution in [2.45, 2.75) is 43.4 Å². The minimum absolute atomic E-state index is 0.00164. The lowest BCUT2D eigenvalue weighted by atomic mass is 9.73. The number of furan rings is 1. The fraction of sp³-hybridized carbons (Fsp3) is 0.444. The van der Waals surface area contributed by atoms with Crippen LogP contribution in [0.2, 0.25) is 0 Å². The standard InChI is InChI=1S/C18H21NO3/c20-15(17-7-3-10-21-17)12-19-14-11-18(8-4-9-18)22-16-6-2-1-5-13(14)16/h1-3,5-7,10,14-15,19-20H,4,8-9,11-12H2. The average Bonchev–Trinajstić information content (AvgIpc) is 3.05. The summed E-state index contributed by atoms with van der Waals surface area (Å²) in [6.45, 7) is 0.475. The van der Waals surface area contributed by atoms with Crippen molar-refractivity contribution < 1.29 is 14.3 Å². The van der Waals surface area contributed by atoms with Gasteiger partial charge in [-0.2, -0.15) is 0 Å². The molecule has 2 unspecified atom stereocenters. The number of aliphatic hydroxyl groups is 1. The molecule has 2 N–H and O–H groups in total.